The van der Waals surface area contributed by atoms with E-state index in [0.29, 0.717) is 5.56 Å². The third-order valence-electron chi connectivity index (χ3n) is 2.91. The Morgan fingerprint density at radius 3 is 2.35 bits per heavy atom. The SMILES string of the molecule is Cc1cc(Br)cc(C(O)c2cccc(C(F)(F)F)c2)c1. The van der Waals surface area contributed by atoms with Crippen molar-refractivity contribution in [2.75, 3.05) is 0 Å². The predicted molar refractivity (Wildman–Crippen MR) is 74.4 cm³/mol. The first-order valence-corrected chi connectivity index (χ1v) is 6.69. The average molecular weight is 345 g/mol. The maximum absolute atomic E-state index is 12.7. The van der Waals surface area contributed by atoms with E-state index in [2.05, 4.69) is 15.9 Å². The number of rotatable bonds is 2. The molecule has 2 aromatic carbocycles. The van der Waals surface area contributed by atoms with E-state index in [4.69, 9.17) is 0 Å². The molecule has 0 saturated heterocycles. The molecule has 0 amide bonds. The molecule has 5 heteroatoms. The molecule has 0 aromatic heterocycles. The fourth-order valence-corrected chi connectivity index (χ4v) is 2.63. The molecule has 0 saturated carbocycles. The van der Waals surface area contributed by atoms with Gasteiger partial charge < -0.3 is 5.11 Å². The van der Waals surface area contributed by atoms with E-state index in [0.717, 1.165) is 22.2 Å². The maximum Gasteiger partial charge on any atom is 0.416 e. The molecule has 1 unspecified atom stereocenters. The molecular formula is C15H12BrF3O. The minimum absolute atomic E-state index is 0.220. The summed E-state index contributed by atoms with van der Waals surface area (Å²) in [6.07, 6.45) is -5.50. The first-order chi connectivity index (χ1) is 9.27. The zero-order valence-corrected chi connectivity index (χ0v) is 12.2. The molecule has 0 aliphatic heterocycles. The molecule has 2 rings (SSSR count). The van der Waals surface area contributed by atoms with Gasteiger partial charge in [-0.15, -0.1) is 0 Å². The fourth-order valence-electron chi connectivity index (χ4n) is 2.00. The summed E-state index contributed by atoms with van der Waals surface area (Å²) < 4.78 is 38.8. The molecule has 20 heavy (non-hydrogen) atoms. The van der Waals surface area contributed by atoms with Crippen molar-refractivity contribution in [3.05, 3.63) is 69.2 Å². The van der Waals surface area contributed by atoms with Crippen LogP contribution in [0.15, 0.2) is 46.9 Å². The molecule has 1 nitrogen and oxygen atoms in total. The van der Waals surface area contributed by atoms with Gasteiger partial charge in [-0.05, 0) is 47.9 Å². The van der Waals surface area contributed by atoms with Gasteiger partial charge in [0, 0.05) is 4.47 Å². The largest absolute Gasteiger partial charge is 0.416 e. The van der Waals surface area contributed by atoms with Gasteiger partial charge in [0.1, 0.15) is 6.10 Å². The van der Waals surface area contributed by atoms with Crippen LogP contribution < -0.4 is 0 Å². The highest BCUT2D eigenvalue weighted by molar-refractivity contribution is 9.10. The minimum Gasteiger partial charge on any atom is -0.384 e. The molecule has 106 valence electrons. The number of halogens is 4. The van der Waals surface area contributed by atoms with Crippen LogP contribution in [0.2, 0.25) is 0 Å². The number of alkyl halides is 3. The Hall–Kier alpha value is -1.33. The number of benzene rings is 2. The topological polar surface area (TPSA) is 20.2 Å². The lowest BCUT2D eigenvalue weighted by molar-refractivity contribution is -0.137. The predicted octanol–water partition coefficient (Wildman–Crippen LogP) is 4.86. The van der Waals surface area contributed by atoms with Crippen molar-refractivity contribution >= 4 is 15.9 Å². The van der Waals surface area contributed by atoms with E-state index < -0.39 is 17.8 Å². The van der Waals surface area contributed by atoms with Crippen LogP contribution in [0.1, 0.15) is 28.4 Å². The van der Waals surface area contributed by atoms with E-state index in [1.807, 2.05) is 13.0 Å². The van der Waals surface area contributed by atoms with Crippen molar-refractivity contribution < 1.29 is 18.3 Å². The summed E-state index contributed by atoms with van der Waals surface area (Å²) in [6.45, 7) is 1.85. The second-order valence-corrected chi connectivity index (χ2v) is 5.50. The van der Waals surface area contributed by atoms with Crippen molar-refractivity contribution in [2.45, 2.75) is 19.2 Å². The molecule has 0 radical (unpaired) electrons. The highest BCUT2D eigenvalue weighted by Gasteiger charge is 2.31. The van der Waals surface area contributed by atoms with Crippen molar-refractivity contribution in [1.82, 2.24) is 0 Å². The molecule has 1 atom stereocenters. The van der Waals surface area contributed by atoms with Gasteiger partial charge in [-0.1, -0.05) is 34.1 Å². The van der Waals surface area contributed by atoms with Crippen molar-refractivity contribution in [2.24, 2.45) is 0 Å². The van der Waals surface area contributed by atoms with Crippen LogP contribution in [0.5, 0.6) is 0 Å². The Morgan fingerprint density at radius 2 is 1.75 bits per heavy atom. The Morgan fingerprint density at radius 1 is 1.05 bits per heavy atom. The Bertz CT molecular complexity index is 603. The summed E-state index contributed by atoms with van der Waals surface area (Å²) in [7, 11) is 0. The van der Waals surface area contributed by atoms with E-state index in [1.165, 1.54) is 12.1 Å². The van der Waals surface area contributed by atoms with E-state index >= 15 is 0 Å². The quantitative estimate of drug-likeness (QED) is 0.824. The molecular weight excluding hydrogens is 333 g/mol. The van der Waals surface area contributed by atoms with Gasteiger partial charge in [0.15, 0.2) is 0 Å². The normalized spacial score (nSPS) is 13.3. The highest BCUT2D eigenvalue weighted by atomic mass is 79.9. The number of hydrogen-bond donors (Lipinski definition) is 1. The summed E-state index contributed by atoms with van der Waals surface area (Å²) >= 11 is 3.31. The molecule has 0 aliphatic rings. The molecule has 2 aromatic rings. The van der Waals surface area contributed by atoms with Gasteiger partial charge >= 0.3 is 6.18 Å². The summed E-state index contributed by atoms with van der Waals surface area (Å²) in [5.41, 5.74) is 0.926. The zero-order valence-electron chi connectivity index (χ0n) is 10.6. The van der Waals surface area contributed by atoms with Gasteiger partial charge in [-0.25, -0.2) is 0 Å². The van der Waals surface area contributed by atoms with Crippen LogP contribution in [-0.2, 0) is 6.18 Å². The molecule has 0 spiro atoms. The second-order valence-electron chi connectivity index (χ2n) is 4.59. The standard InChI is InChI=1S/C15H12BrF3O/c1-9-5-11(8-13(16)6-9)14(20)10-3-2-4-12(7-10)15(17,18)19/h2-8,14,20H,1H3. The summed E-state index contributed by atoms with van der Waals surface area (Å²) in [4.78, 5) is 0. The first-order valence-electron chi connectivity index (χ1n) is 5.89. The lowest BCUT2D eigenvalue weighted by atomic mass is 9.98. The lowest BCUT2D eigenvalue weighted by Crippen LogP contribution is -2.07. The third kappa shape index (κ3) is 3.41. The second kappa shape index (κ2) is 5.58. The lowest BCUT2D eigenvalue weighted by Gasteiger charge is -2.15. The van der Waals surface area contributed by atoms with Crippen molar-refractivity contribution in [3.8, 4) is 0 Å². The van der Waals surface area contributed by atoms with Crippen LogP contribution in [-0.4, -0.2) is 5.11 Å². The maximum atomic E-state index is 12.7. The van der Waals surface area contributed by atoms with Crippen LogP contribution >= 0.6 is 15.9 Å². The Kier molecular flexibility index (Phi) is 4.20. The summed E-state index contributed by atoms with van der Waals surface area (Å²) in [6, 6.07) is 10.0. The van der Waals surface area contributed by atoms with E-state index in [9.17, 15) is 18.3 Å². The van der Waals surface area contributed by atoms with Crippen LogP contribution in [0.25, 0.3) is 0 Å². The summed E-state index contributed by atoms with van der Waals surface area (Å²) in [5.74, 6) is 0. The Labute approximate surface area is 123 Å². The van der Waals surface area contributed by atoms with Gasteiger partial charge in [0.05, 0.1) is 5.56 Å². The van der Waals surface area contributed by atoms with Gasteiger partial charge in [-0.3, -0.25) is 0 Å². The van der Waals surface area contributed by atoms with E-state index in [-0.39, 0.29) is 5.56 Å². The van der Waals surface area contributed by atoms with Crippen LogP contribution in [0, 0.1) is 6.92 Å². The van der Waals surface area contributed by atoms with Crippen LogP contribution in [0.3, 0.4) is 0 Å². The smallest absolute Gasteiger partial charge is 0.384 e. The van der Waals surface area contributed by atoms with Crippen molar-refractivity contribution in [1.29, 1.82) is 0 Å². The van der Waals surface area contributed by atoms with E-state index in [1.54, 1.807) is 12.1 Å². The average Bonchev–Trinajstić information content (AvgIpc) is 2.36. The molecule has 0 bridgehead atoms. The number of hydrogen-bond acceptors (Lipinski definition) is 1. The molecule has 0 heterocycles. The van der Waals surface area contributed by atoms with Crippen molar-refractivity contribution in [3.63, 3.8) is 0 Å². The van der Waals surface area contributed by atoms with Gasteiger partial charge in [0.25, 0.3) is 0 Å². The summed E-state index contributed by atoms with van der Waals surface area (Å²) in [5, 5.41) is 10.2. The first kappa shape index (κ1) is 15.1. The minimum atomic E-state index is -4.41. The van der Waals surface area contributed by atoms with Gasteiger partial charge in [0.2, 0.25) is 0 Å². The highest BCUT2D eigenvalue weighted by Crippen LogP contribution is 2.32. The fraction of sp³-hybridized carbons (Fsp3) is 0.200. The molecule has 0 aliphatic carbocycles. The van der Waals surface area contributed by atoms with Crippen LogP contribution in [0.4, 0.5) is 13.2 Å². The number of aryl methyl sites for hydroxylation is 1. The number of aliphatic hydroxyl groups excluding tert-OH is 1. The molecule has 0 fully saturated rings. The Balaban J connectivity index is 2.40. The number of aliphatic hydroxyl groups is 1. The zero-order chi connectivity index (χ0) is 14.9. The monoisotopic (exact) mass is 344 g/mol. The molecule has 1 N–H and O–H groups in total. The third-order valence-corrected chi connectivity index (χ3v) is 3.37. The van der Waals surface area contributed by atoms with Gasteiger partial charge in [-0.2, -0.15) is 13.2 Å².